The highest BCUT2D eigenvalue weighted by Crippen LogP contribution is 2.17. The van der Waals surface area contributed by atoms with Crippen molar-refractivity contribution in [3.05, 3.63) is 90.0 Å². The van der Waals surface area contributed by atoms with Gasteiger partial charge in [0.05, 0.1) is 12.7 Å². The highest BCUT2D eigenvalue weighted by molar-refractivity contribution is 5.91. The number of carbonyl (C=O) groups is 1. The van der Waals surface area contributed by atoms with Gasteiger partial charge in [-0.15, -0.1) is 0 Å². The lowest BCUT2D eigenvalue weighted by Gasteiger charge is -2.10. The summed E-state index contributed by atoms with van der Waals surface area (Å²) in [6.07, 6.45) is 0. The highest BCUT2D eigenvalue weighted by atomic mass is 16.5. The molecule has 0 unspecified atom stereocenters. The molecule has 132 valence electrons. The van der Waals surface area contributed by atoms with Crippen molar-refractivity contribution in [1.29, 1.82) is 0 Å². The Balaban J connectivity index is 1.57. The zero-order chi connectivity index (χ0) is 18.2. The molecule has 0 saturated carbocycles. The molecule has 0 aliphatic heterocycles. The number of rotatable bonds is 7. The number of anilines is 1. The van der Waals surface area contributed by atoms with Gasteiger partial charge in [-0.25, -0.2) is 10.2 Å². The van der Waals surface area contributed by atoms with Crippen LogP contribution in [0.2, 0.25) is 0 Å². The van der Waals surface area contributed by atoms with E-state index < -0.39 is 5.97 Å². The highest BCUT2D eigenvalue weighted by Gasteiger charge is 2.09. The van der Waals surface area contributed by atoms with Crippen molar-refractivity contribution in [2.75, 3.05) is 12.5 Å². The number of para-hydroxylation sites is 1. The van der Waals surface area contributed by atoms with Crippen molar-refractivity contribution in [1.82, 2.24) is 5.43 Å². The van der Waals surface area contributed by atoms with Crippen LogP contribution >= 0.6 is 0 Å². The Bertz CT molecular complexity index is 849. The molecule has 5 heteroatoms. The quantitative estimate of drug-likeness (QED) is 0.383. The molecule has 0 amide bonds. The molecule has 0 radical (unpaired) electrons. The molecule has 0 atom stereocenters. The summed E-state index contributed by atoms with van der Waals surface area (Å²) >= 11 is 0. The fourth-order valence-electron chi connectivity index (χ4n) is 2.38. The van der Waals surface area contributed by atoms with Crippen LogP contribution in [0.25, 0.3) is 0 Å². The van der Waals surface area contributed by atoms with Crippen LogP contribution in [0.15, 0.2) is 78.9 Å². The molecule has 3 aromatic carbocycles. The van der Waals surface area contributed by atoms with Crippen LogP contribution in [0.5, 0.6) is 11.5 Å². The van der Waals surface area contributed by atoms with Crippen LogP contribution in [0.4, 0.5) is 5.69 Å². The monoisotopic (exact) mass is 348 g/mol. The van der Waals surface area contributed by atoms with Crippen molar-refractivity contribution in [3.8, 4) is 11.5 Å². The smallest absolute Gasteiger partial charge is 0.343 e. The predicted octanol–water partition coefficient (Wildman–Crippen LogP) is 4.03. The van der Waals surface area contributed by atoms with Crippen LogP contribution < -0.4 is 20.3 Å². The molecule has 26 heavy (non-hydrogen) atoms. The number of hydrogen-bond acceptors (Lipinski definition) is 5. The second kappa shape index (κ2) is 8.69. The Morgan fingerprint density at radius 3 is 2.38 bits per heavy atom. The minimum atomic E-state index is -0.403. The zero-order valence-corrected chi connectivity index (χ0v) is 14.4. The molecule has 0 spiro atoms. The maximum absolute atomic E-state index is 12.2. The number of hydrogen-bond donors (Lipinski definition) is 2. The fourth-order valence-corrected chi connectivity index (χ4v) is 2.38. The van der Waals surface area contributed by atoms with E-state index in [9.17, 15) is 4.79 Å². The zero-order valence-electron chi connectivity index (χ0n) is 14.4. The third-order valence-electron chi connectivity index (χ3n) is 3.73. The molecule has 0 aromatic heterocycles. The molecule has 0 aliphatic carbocycles. The average molecular weight is 348 g/mol. The molecular formula is C21H20N2O3. The third kappa shape index (κ3) is 4.84. The summed E-state index contributed by atoms with van der Waals surface area (Å²) in [4.78, 5) is 12.2. The molecule has 3 aromatic rings. The lowest BCUT2D eigenvalue weighted by atomic mass is 10.2. The van der Waals surface area contributed by atoms with E-state index in [0.717, 1.165) is 11.3 Å². The van der Waals surface area contributed by atoms with Gasteiger partial charge >= 0.3 is 5.97 Å². The summed E-state index contributed by atoms with van der Waals surface area (Å²) in [5, 5.41) is 0. The van der Waals surface area contributed by atoms with E-state index in [-0.39, 0.29) is 0 Å². The minimum absolute atomic E-state index is 0.403. The first kappa shape index (κ1) is 17.5. The van der Waals surface area contributed by atoms with E-state index >= 15 is 0 Å². The number of benzene rings is 3. The van der Waals surface area contributed by atoms with E-state index in [0.29, 0.717) is 23.6 Å². The van der Waals surface area contributed by atoms with Crippen LogP contribution in [0.1, 0.15) is 15.9 Å². The van der Waals surface area contributed by atoms with Gasteiger partial charge in [-0.1, -0.05) is 30.3 Å². The van der Waals surface area contributed by atoms with Crippen LogP contribution in [0.3, 0.4) is 0 Å². The van der Waals surface area contributed by atoms with E-state index in [1.807, 2.05) is 48.5 Å². The summed E-state index contributed by atoms with van der Waals surface area (Å²) in [5.41, 5.74) is 8.71. The first-order valence-electron chi connectivity index (χ1n) is 8.24. The molecule has 0 heterocycles. The molecular weight excluding hydrogens is 328 g/mol. The van der Waals surface area contributed by atoms with Gasteiger partial charge in [-0.2, -0.15) is 0 Å². The largest absolute Gasteiger partial charge is 0.497 e. The maximum atomic E-state index is 12.2. The standard InChI is InChI=1S/C21H20N2O3/c1-25-19-12-10-17(11-13-19)21(24)26-20-9-5-6-16(14-20)15-22-23-18-7-3-2-4-8-18/h2-14,22-23H,15H2,1H3. The normalized spacial score (nSPS) is 10.2. The number of ether oxygens (including phenoxy) is 2. The van der Waals surface area contributed by atoms with Crippen molar-refractivity contribution in [2.45, 2.75) is 6.54 Å². The van der Waals surface area contributed by atoms with Gasteiger partial charge in [-0.05, 0) is 54.1 Å². The number of nitrogens with one attached hydrogen (secondary N) is 2. The van der Waals surface area contributed by atoms with E-state index in [2.05, 4.69) is 10.9 Å². The Morgan fingerprint density at radius 2 is 1.65 bits per heavy atom. The lowest BCUT2D eigenvalue weighted by molar-refractivity contribution is 0.0734. The number of methoxy groups -OCH3 is 1. The predicted molar refractivity (Wildman–Crippen MR) is 101 cm³/mol. The van der Waals surface area contributed by atoms with Crippen molar-refractivity contribution in [2.24, 2.45) is 0 Å². The summed E-state index contributed by atoms with van der Waals surface area (Å²) < 4.78 is 10.5. The summed E-state index contributed by atoms with van der Waals surface area (Å²) in [5.74, 6) is 0.797. The van der Waals surface area contributed by atoms with Crippen molar-refractivity contribution in [3.63, 3.8) is 0 Å². The molecule has 2 N–H and O–H groups in total. The van der Waals surface area contributed by atoms with E-state index in [4.69, 9.17) is 9.47 Å². The van der Waals surface area contributed by atoms with Crippen LogP contribution in [-0.4, -0.2) is 13.1 Å². The van der Waals surface area contributed by atoms with Crippen LogP contribution in [-0.2, 0) is 6.54 Å². The Labute approximate surface area is 152 Å². The molecule has 0 saturated heterocycles. The summed E-state index contributed by atoms with van der Waals surface area (Å²) in [6, 6.07) is 24.1. The van der Waals surface area contributed by atoms with Gasteiger partial charge in [0.2, 0.25) is 0 Å². The van der Waals surface area contributed by atoms with Gasteiger partial charge < -0.3 is 14.9 Å². The Morgan fingerprint density at radius 1 is 0.885 bits per heavy atom. The molecule has 0 bridgehead atoms. The van der Waals surface area contributed by atoms with E-state index in [1.54, 1.807) is 37.4 Å². The van der Waals surface area contributed by atoms with Gasteiger partial charge in [0.1, 0.15) is 11.5 Å². The average Bonchev–Trinajstić information content (AvgIpc) is 2.69. The molecule has 5 nitrogen and oxygen atoms in total. The van der Waals surface area contributed by atoms with Gasteiger partial charge in [0.25, 0.3) is 0 Å². The van der Waals surface area contributed by atoms with Gasteiger partial charge in [0, 0.05) is 12.2 Å². The molecule has 0 fully saturated rings. The number of carbonyl (C=O) groups excluding carboxylic acids is 1. The lowest BCUT2D eigenvalue weighted by Crippen LogP contribution is -2.20. The maximum Gasteiger partial charge on any atom is 0.343 e. The topological polar surface area (TPSA) is 59.6 Å². The first-order valence-corrected chi connectivity index (χ1v) is 8.24. The number of hydrazine groups is 1. The van der Waals surface area contributed by atoms with Crippen molar-refractivity contribution < 1.29 is 14.3 Å². The molecule has 3 rings (SSSR count). The Hall–Kier alpha value is -3.31. The minimum Gasteiger partial charge on any atom is -0.497 e. The van der Waals surface area contributed by atoms with Gasteiger partial charge in [0.15, 0.2) is 0 Å². The Kier molecular flexibility index (Phi) is 5.85. The second-order valence-corrected chi connectivity index (χ2v) is 5.61. The van der Waals surface area contributed by atoms with Gasteiger partial charge in [-0.3, -0.25) is 0 Å². The first-order chi connectivity index (χ1) is 12.7. The summed E-state index contributed by atoms with van der Waals surface area (Å²) in [6.45, 7) is 0.586. The fraction of sp³-hybridized carbons (Fsp3) is 0.0952. The third-order valence-corrected chi connectivity index (χ3v) is 3.73. The SMILES string of the molecule is COc1ccc(C(=O)Oc2cccc(CNNc3ccccc3)c2)cc1. The van der Waals surface area contributed by atoms with Crippen molar-refractivity contribution >= 4 is 11.7 Å². The van der Waals surface area contributed by atoms with E-state index in [1.165, 1.54) is 0 Å². The van der Waals surface area contributed by atoms with Crippen LogP contribution in [0, 0.1) is 0 Å². The second-order valence-electron chi connectivity index (χ2n) is 5.61. The summed E-state index contributed by atoms with van der Waals surface area (Å²) in [7, 11) is 1.58. The molecule has 0 aliphatic rings. The number of esters is 1.